The summed E-state index contributed by atoms with van der Waals surface area (Å²) in [5.41, 5.74) is 1.12. The maximum absolute atomic E-state index is 12.7. The Balaban J connectivity index is 1.24. The van der Waals surface area contributed by atoms with Crippen LogP contribution in [0.3, 0.4) is 0 Å². The molecule has 0 N–H and O–H groups in total. The first kappa shape index (κ1) is 20.1. The minimum atomic E-state index is 0.158. The SMILES string of the molecule is O=C(CCC1CCCC1)N1CCCC(c2noc(COCc3ccccc3)n2)C1. The highest BCUT2D eigenvalue weighted by molar-refractivity contribution is 5.76. The van der Waals surface area contributed by atoms with Gasteiger partial charge in [0.05, 0.1) is 6.61 Å². The van der Waals surface area contributed by atoms with Crippen molar-refractivity contribution in [3.8, 4) is 0 Å². The van der Waals surface area contributed by atoms with Crippen LogP contribution in [0.2, 0.25) is 0 Å². The molecule has 2 fully saturated rings. The molecule has 1 unspecified atom stereocenters. The van der Waals surface area contributed by atoms with E-state index >= 15 is 0 Å². The molecule has 1 saturated carbocycles. The van der Waals surface area contributed by atoms with Crippen LogP contribution in [0.5, 0.6) is 0 Å². The summed E-state index contributed by atoms with van der Waals surface area (Å²) in [6.07, 6.45) is 8.99. The van der Waals surface area contributed by atoms with Crippen LogP contribution in [-0.4, -0.2) is 34.0 Å². The molecular formula is C23H31N3O3. The van der Waals surface area contributed by atoms with Gasteiger partial charge in [-0.3, -0.25) is 4.79 Å². The summed E-state index contributed by atoms with van der Waals surface area (Å²) < 4.78 is 11.1. The monoisotopic (exact) mass is 397 g/mol. The van der Waals surface area contributed by atoms with Gasteiger partial charge in [0.25, 0.3) is 5.89 Å². The van der Waals surface area contributed by atoms with Crippen LogP contribution in [0.25, 0.3) is 0 Å². The Labute approximate surface area is 172 Å². The molecule has 29 heavy (non-hydrogen) atoms. The van der Waals surface area contributed by atoms with Crippen molar-refractivity contribution in [3.63, 3.8) is 0 Å². The lowest BCUT2D eigenvalue weighted by molar-refractivity contribution is -0.132. The van der Waals surface area contributed by atoms with Gasteiger partial charge in [0.15, 0.2) is 5.82 Å². The molecule has 1 amide bonds. The fourth-order valence-corrected chi connectivity index (χ4v) is 4.52. The Bertz CT molecular complexity index is 771. The highest BCUT2D eigenvalue weighted by Gasteiger charge is 2.28. The molecule has 1 aromatic heterocycles. The molecule has 1 aromatic carbocycles. The zero-order chi connectivity index (χ0) is 19.9. The zero-order valence-corrected chi connectivity index (χ0v) is 17.1. The smallest absolute Gasteiger partial charge is 0.252 e. The summed E-state index contributed by atoms with van der Waals surface area (Å²) in [7, 11) is 0. The number of ether oxygens (including phenoxy) is 1. The predicted octanol–water partition coefficient (Wildman–Crippen LogP) is 4.46. The lowest BCUT2D eigenvalue weighted by Crippen LogP contribution is -2.39. The van der Waals surface area contributed by atoms with E-state index < -0.39 is 0 Å². The van der Waals surface area contributed by atoms with Crippen LogP contribution in [0, 0.1) is 5.92 Å². The van der Waals surface area contributed by atoms with Gasteiger partial charge in [0, 0.05) is 25.4 Å². The van der Waals surface area contributed by atoms with Gasteiger partial charge >= 0.3 is 0 Å². The van der Waals surface area contributed by atoms with Gasteiger partial charge in [-0.1, -0.05) is 61.2 Å². The maximum atomic E-state index is 12.7. The lowest BCUT2D eigenvalue weighted by Gasteiger charge is -2.31. The van der Waals surface area contributed by atoms with Crippen LogP contribution in [0.15, 0.2) is 34.9 Å². The first-order valence-corrected chi connectivity index (χ1v) is 11.0. The average molecular weight is 398 g/mol. The zero-order valence-electron chi connectivity index (χ0n) is 17.1. The average Bonchev–Trinajstić information content (AvgIpc) is 3.45. The minimum absolute atomic E-state index is 0.158. The predicted molar refractivity (Wildman–Crippen MR) is 109 cm³/mol. The largest absolute Gasteiger partial charge is 0.367 e. The summed E-state index contributed by atoms with van der Waals surface area (Å²) in [6.45, 7) is 2.38. The van der Waals surface area contributed by atoms with Crippen molar-refractivity contribution in [1.82, 2.24) is 15.0 Å². The molecule has 4 rings (SSSR count). The number of likely N-dealkylation sites (tertiary alicyclic amines) is 1. The van der Waals surface area contributed by atoms with Crippen LogP contribution in [-0.2, 0) is 22.7 Å². The van der Waals surface area contributed by atoms with Crippen LogP contribution >= 0.6 is 0 Å². The summed E-state index contributed by atoms with van der Waals surface area (Å²) in [5.74, 6) is 2.41. The van der Waals surface area contributed by atoms with E-state index in [2.05, 4.69) is 10.1 Å². The molecule has 2 heterocycles. The van der Waals surface area contributed by atoms with Crippen molar-refractivity contribution < 1.29 is 14.1 Å². The van der Waals surface area contributed by atoms with Crippen molar-refractivity contribution >= 4 is 5.91 Å². The molecular weight excluding hydrogens is 366 g/mol. The topological polar surface area (TPSA) is 68.5 Å². The van der Waals surface area contributed by atoms with Crippen molar-refractivity contribution in [3.05, 3.63) is 47.6 Å². The number of piperidine rings is 1. The fourth-order valence-electron chi connectivity index (χ4n) is 4.52. The molecule has 0 radical (unpaired) electrons. The number of benzene rings is 1. The Morgan fingerprint density at radius 1 is 1.10 bits per heavy atom. The van der Waals surface area contributed by atoms with E-state index in [9.17, 15) is 4.79 Å². The first-order chi connectivity index (χ1) is 14.3. The summed E-state index contributed by atoms with van der Waals surface area (Å²) in [4.78, 5) is 19.2. The molecule has 0 bridgehead atoms. The number of aromatic nitrogens is 2. The quantitative estimate of drug-likeness (QED) is 0.658. The van der Waals surface area contributed by atoms with Crippen LogP contribution in [0.1, 0.15) is 74.6 Å². The molecule has 2 aromatic rings. The van der Waals surface area contributed by atoms with Crippen molar-refractivity contribution in [2.24, 2.45) is 5.92 Å². The third-order valence-corrected chi connectivity index (χ3v) is 6.20. The molecule has 6 nitrogen and oxygen atoms in total. The molecule has 1 aliphatic heterocycles. The Morgan fingerprint density at radius 3 is 2.76 bits per heavy atom. The summed E-state index contributed by atoms with van der Waals surface area (Å²) in [5, 5.41) is 4.16. The van der Waals surface area contributed by atoms with Crippen molar-refractivity contribution in [2.75, 3.05) is 13.1 Å². The highest BCUT2D eigenvalue weighted by atomic mass is 16.5. The van der Waals surface area contributed by atoms with Crippen LogP contribution in [0.4, 0.5) is 0 Å². The Morgan fingerprint density at radius 2 is 1.93 bits per heavy atom. The third kappa shape index (κ3) is 5.66. The van der Waals surface area contributed by atoms with Gasteiger partial charge in [-0.05, 0) is 30.7 Å². The second kappa shape index (κ2) is 10.0. The van der Waals surface area contributed by atoms with E-state index in [0.717, 1.165) is 37.3 Å². The second-order valence-corrected chi connectivity index (χ2v) is 8.39. The highest BCUT2D eigenvalue weighted by Crippen LogP contribution is 2.30. The van der Waals surface area contributed by atoms with Gasteiger partial charge in [-0.25, -0.2) is 0 Å². The molecule has 156 valence electrons. The minimum Gasteiger partial charge on any atom is -0.367 e. The maximum Gasteiger partial charge on any atom is 0.252 e. The molecule has 2 aliphatic rings. The van der Waals surface area contributed by atoms with E-state index in [0.29, 0.717) is 37.9 Å². The van der Waals surface area contributed by atoms with Gasteiger partial charge in [0.1, 0.15) is 6.61 Å². The molecule has 6 heteroatoms. The van der Waals surface area contributed by atoms with E-state index in [1.807, 2.05) is 35.2 Å². The Kier molecular flexibility index (Phi) is 6.93. The molecule has 1 atom stereocenters. The number of hydrogen-bond acceptors (Lipinski definition) is 5. The number of nitrogens with zero attached hydrogens (tertiary/aromatic N) is 3. The summed E-state index contributed by atoms with van der Waals surface area (Å²) >= 11 is 0. The van der Waals surface area contributed by atoms with Gasteiger partial charge < -0.3 is 14.2 Å². The standard InChI is InChI=1S/C23H31N3O3/c27-22(13-12-18-7-4-5-8-18)26-14-6-11-20(15-26)23-24-21(29-25-23)17-28-16-19-9-2-1-3-10-19/h1-3,9-10,18,20H,4-8,11-17H2. The Hall–Kier alpha value is -2.21. The molecule has 0 spiro atoms. The van der Waals surface area contributed by atoms with E-state index in [1.54, 1.807) is 0 Å². The lowest BCUT2D eigenvalue weighted by atomic mass is 9.96. The number of amides is 1. The van der Waals surface area contributed by atoms with Crippen molar-refractivity contribution in [1.29, 1.82) is 0 Å². The number of carbonyl (C=O) groups excluding carboxylic acids is 1. The number of carbonyl (C=O) groups is 1. The van der Waals surface area contributed by atoms with E-state index in [4.69, 9.17) is 9.26 Å². The second-order valence-electron chi connectivity index (χ2n) is 8.39. The molecule has 1 saturated heterocycles. The van der Waals surface area contributed by atoms with Gasteiger partial charge in [-0.2, -0.15) is 4.98 Å². The third-order valence-electron chi connectivity index (χ3n) is 6.20. The number of rotatable bonds is 8. The van der Waals surface area contributed by atoms with Crippen molar-refractivity contribution in [2.45, 2.75) is 70.5 Å². The van der Waals surface area contributed by atoms with Crippen LogP contribution < -0.4 is 0 Å². The first-order valence-electron chi connectivity index (χ1n) is 11.0. The van der Waals surface area contributed by atoms with Gasteiger partial charge in [0.2, 0.25) is 5.91 Å². The fraction of sp³-hybridized carbons (Fsp3) is 0.609. The van der Waals surface area contributed by atoms with E-state index in [-0.39, 0.29) is 11.8 Å². The van der Waals surface area contributed by atoms with Gasteiger partial charge in [-0.15, -0.1) is 0 Å². The molecule has 1 aliphatic carbocycles. The van der Waals surface area contributed by atoms with E-state index in [1.165, 1.54) is 25.7 Å². The normalized spacial score (nSPS) is 20.3. The number of hydrogen-bond donors (Lipinski definition) is 0. The summed E-state index contributed by atoms with van der Waals surface area (Å²) in [6, 6.07) is 10.0.